The van der Waals surface area contributed by atoms with Crippen LogP contribution in [-0.4, -0.2) is 24.1 Å². The number of nitrogens with zero attached hydrogens (tertiary/aromatic N) is 1. The van der Waals surface area contributed by atoms with E-state index in [1.54, 1.807) is 13.4 Å². The second-order valence-corrected chi connectivity index (χ2v) is 9.35. The zero-order valence-corrected chi connectivity index (χ0v) is 19.3. The van der Waals surface area contributed by atoms with E-state index < -0.39 is 5.41 Å². The third kappa shape index (κ3) is 4.68. The van der Waals surface area contributed by atoms with Crippen molar-refractivity contribution in [1.82, 2.24) is 10.4 Å². The maximum atomic E-state index is 13.4. The molecule has 5 nitrogen and oxygen atoms in total. The number of ether oxygens (including phenoxy) is 2. The minimum absolute atomic E-state index is 0.121. The number of methoxy groups -OCH3 is 1. The maximum Gasteiger partial charge on any atom is 0.244 e. The molecular formula is C27H34N2O3. The number of hydrazine groups is 1. The Kier molecular flexibility index (Phi) is 6.85. The summed E-state index contributed by atoms with van der Waals surface area (Å²) in [6.45, 7) is 4.06. The molecule has 1 aliphatic heterocycles. The van der Waals surface area contributed by atoms with Crippen molar-refractivity contribution in [1.29, 1.82) is 0 Å². The number of benzene rings is 2. The summed E-state index contributed by atoms with van der Waals surface area (Å²) in [5.41, 5.74) is 5.10. The molecule has 1 aliphatic carbocycles. The quantitative estimate of drug-likeness (QED) is 0.455. The van der Waals surface area contributed by atoms with Gasteiger partial charge >= 0.3 is 0 Å². The van der Waals surface area contributed by atoms with Crippen LogP contribution in [0.25, 0.3) is 6.08 Å². The molecule has 1 saturated heterocycles. The molecule has 2 fully saturated rings. The summed E-state index contributed by atoms with van der Waals surface area (Å²) in [5, 5.41) is 1.93. The third-order valence-electron chi connectivity index (χ3n) is 6.73. The van der Waals surface area contributed by atoms with Gasteiger partial charge in [0.05, 0.1) is 24.8 Å². The summed E-state index contributed by atoms with van der Waals surface area (Å²) in [6, 6.07) is 16.1. The lowest BCUT2D eigenvalue weighted by Gasteiger charge is -2.27. The Morgan fingerprint density at radius 2 is 1.72 bits per heavy atom. The summed E-state index contributed by atoms with van der Waals surface area (Å²) in [7, 11) is 1.64. The Balaban J connectivity index is 1.56. The van der Waals surface area contributed by atoms with Gasteiger partial charge < -0.3 is 9.47 Å². The van der Waals surface area contributed by atoms with E-state index in [0.29, 0.717) is 11.5 Å². The van der Waals surface area contributed by atoms with Crippen molar-refractivity contribution in [2.45, 2.75) is 64.5 Å². The highest BCUT2D eigenvalue weighted by atomic mass is 16.5. The van der Waals surface area contributed by atoms with Gasteiger partial charge in [-0.25, -0.2) is 5.43 Å². The van der Waals surface area contributed by atoms with Crippen LogP contribution < -0.4 is 14.9 Å². The van der Waals surface area contributed by atoms with Crippen molar-refractivity contribution in [3.05, 3.63) is 65.9 Å². The van der Waals surface area contributed by atoms with Crippen LogP contribution in [0, 0.1) is 5.41 Å². The third-order valence-corrected chi connectivity index (χ3v) is 6.73. The smallest absolute Gasteiger partial charge is 0.244 e. The fourth-order valence-corrected chi connectivity index (χ4v) is 4.79. The molecule has 170 valence electrons. The van der Waals surface area contributed by atoms with Crippen molar-refractivity contribution in [2.75, 3.05) is 7.11 Å². The number of carbonyl (C=O) groups is 1. The largest absolute Gasteiger partial charge is 0.493 e. The van der Waals surface area contributed by atoms with Crippen LogP contribution in [0.3, 0.4) is 0 Å². The van der Waals surface area contributed by atoms with Gasteiger partial charge in [0.25, 0.3) is 0 Å². The summed E-state index contributed by atoms with van der Waals surface area (Å²) in [4.78, 5) is 13.4. The molecule has 2 aromatic carbocycles. The summed E-state index contributed by atoms with van der Waals surface area (Å²) in [5.74, 6) is 1.47. The molecular weight excluding hydrogens is 400 g/mol. The van der Waals surface area contributed by atoms with E-state index in [-0.39, 0.29) is 18.0 Å². The van der Waals surface area contributed by atoms with E-state index in [2.05, 4.69) is 5.43 Å². The molecule has 0 aromatic heterocycles. The van der Waals surface area contributed by atoms with Gasteiger partial charge in [-0.1, -0.05) is 62.1 Å². The summed E-state index contributed by atoms with van der Waals surface area (Å²) < 4.78 is 11.5. The molecule has 1 atom stereocenters. The van der Waals surface area contributed by atoms with Crippen molar-refractivity contribution < 1.29 is 14.3 Å². The van der Waals surface area contributed by atoms with Crippen molar-refractivity contribution in [2.24, 2.45) is 5.41 Å². The molecule has 1 saturated carbocycles. The molecule has 32 heavy (non-hydrogen) atoms. The lowest BCUT2D eigenvalue weighted by Crippen LogP contribution is -2.44. The Morgan fingerprint density at radius 1 is 1.00 bits per heavy atom. The first-order chi connectivity index (χ1) is 15.5. The van der Waals surface area contributed by atoms with Gasteiger partial charge in [-0.2, -0.15) is 0 Å². The predicted molar refractivity (Wildman–Crippen MR) is 127 cm³/mol. The molecule has 4 rings (SSSR count). The van der Waals surface area contributed by atoms with Gasteiger partial charge in [-0.15, -0.1) is 0 Å². The van der Waals surface area contributed by atoms with Gasteiger partial charge in [0.2, 0.25) is 5.91 Å². The number of carbonyl (C=O) groups excluding carboxylic acids is 1. The van der Waals surface area contributed by atoms with Gasteiger partial charge in [0.1, 0.15) is 0 Å². The van der Waals surface area contributed by atoms with Gasteiger partial charge in [-0.3, -0.25) is 9.80 Å². The van der Waals surface area contributed by atoms with Crippen molar-refractivity contribution in [3.63, 3.8) is 0 Å². The van der Waals surface area contributed by atoms with E-state index in [1.165, 1.54) is 25.7 Å². The number of nitrogens with one attached hydrogen (secondary N) is 1. The lowest BCUT2D eigenvalue weighted by atomic mass is 9.81. The Morgan fingerprint density at radius 3 is 2.41 bits per heavy atom. The van der Waals surface area contributed by atoms with Gasteiger partial charge in [0.15, 0.2) is 11.5 Å². The van der Waals surface area contributed by atoms with Crippen LogP contribution in [0.1, 0.15) is 69.5 Å². The molecule has 1 N–H and O–H groups in total. The second-order valence-electron chi connectivity index (χ2n) is 9.35. The zero-order valence-electron chi connectivity index (χ0n) is 19.3. The molecule has 2 aromatic rings. The van der Waals surface area contributed by atoms with E-state index in [1.807, 2.05) is 73.5 Å². The van der Waals surface area contributed by atoms with Crippen LogP contribution in [-0.2, 0) is 4.79 Å². The second kappa shape index (κ2) is 9.78. The fraction of sp³-hybridized carbons (Fsp3) is 0.444. The van der Waals surface area contributed by atoms with Crippen LogP contribution in [0.4, 0.5) is 0 Å². The van der Waals surface area contributed by atoms with Gasteiger partial charge in [-0.05, 0) is 56.0 Å². The van der Waals surface area contributed by atoms with Gasteiger partial charge in [0, 0.05) is 6.04 Å². The highest BCUT2D eigenvalue weighted by Crippen LogP contribution is 2.44. The number of rotatable bonds is 6. The topological polar surface area (TPSA) is 50.8 Å². The maximum absolute atomic E-state index is 13.4. The van der Waals surface area contributed by atoms with Crippen LogP contribution >= 0.6 is 0 Å². The zero-order chi connectivity index (χ0) is 22.6. The van der Waals surface area contributed by atoms with Crippen LogP contribution in [0.5, 0.6) is 11.5 Å². The molecule has 2 aliphatic rings. The monoisotopic (exact) mass is 434 g/mol. The predicted octanol–water partition coefficient (Wildman–Crippen LogP) is 5.88. The molecule has 0 bridgehead atoms. The lowest BCUT2D eigenvalue weighted by molar-refractivity contribution is -0.138. The number of hydrogen-bond donors (Lipinski definition) is 1. The Hall–Kier alpha value is -2.79. The number of hydrogen-bond acceptors (Lipinski definition) is 4. The molecule has 0 radical (unpaired) electrons. The minimum Gasteiger partial charge on any atom is -0.493 e. The Labute approximate surface area is 191 Å². The van der Waals surface area contributed by atoms with Crippen LogP contribution in [0.2, 0.25) is 0 Å². The summed E-state index contributed by atoms with van der Waals surface area (Å²) >= 11 is 0. The first kappa shape index (κ1) is 22.4. The minimum atomic E-state index is -0.544. The highest BCUT2D eigenvalue weighted by Gasteiger charge is 2.49. The normalized spacial score (nSPS) is 21.7. The first-order valence-electron chi connectivity index (χ1n) is 11.7. The Bertz CT molecular complexity index is 947. The SMILES string of the molecule is COc1ccc(C2NN(C3CCCCCC3)C(=O)C2(C)C)cc1O/C=C/c1ccccc1. The molecule has 5 heteroatoms. The molecule has 0 spiro atoms. The summed E-state index contributed by atoms with van der Waals surface area (Å²) in [6.07, 6.45) is 10.6. The fourth-order valence-electron chi connectivity index (χ4n) is 4.79. The molecule has 1 amide bonds. The van der Waals surface area contributed by atoms with Crippen molar-refractivity contribution >= 4 is 12.0 Å². The molecule has 1 unspecified atom stereocenters. The van der Waals surface area contributed by atoms with E-state index >= 15 is 0 Å². The molecule has 1 heterocycles. The van der Waals surface area contributed by atoms with E-state index in [0.717, 1.165) is 24.0 Å². The first-order valence-corrected chi connectivity index (χ1v) is 11.7. The standard InChI is InChI=1S/C27H34N2O3/c1-27(2)25(28-29(26(27)30)22-13-9-4-5-10-14-22)21-15-16-23(31-3)24(19-21)32-18-17-20-11-7-6-8-12-20/h6-8,11-12,15-19,22,25,28H,4-5,9-10,13-14H2,1-3H3/b18-17+. The average molecular weight is 435 g/mol. The number of amides is 1. The van der Waals surface area contributed by atoms with E-state index in [9.17, 15) is 4.79 Å². The van der Waals surface area contributed by atoms with E-state index in [4.69, 9.17) is 9.47 Å². The van der Waals surface area contributed by atoms with Crippen LogP contribution in [0.15, 0.2) is 54.8 Å². The average Bonchev–Trinajstić information content (AvgIpc) is 2.98. The highest BCUT2D eigenvalue weighted by molar-refractivity contribution is 5.85. The van der Waals surface area contributed by atoms with Crippen molar-refractivity contribution in [3.8, 4) is 11.5 Å².